The molecule has 0 atom stereocenters. The van der Waals surface area contributed by atoms with Crippen molar-refractivity contribution in [2.24, 2.45) is 0 Å². The Hall–Kier alpha value is -2.67. The van der Waals surface area contributed by atoms with E-state index in [-0.39, 0.29) is 17.5 Å². The van der Waals surface area contributed by atoms with Crippen LogP contribution in [0, 0.1) is 0 Å². The van der Waals surface area contributed by atoms with E-state index in [0.29, 0.717) is 24.4 Å². The van der Waals surface area contributed by atoms with E-state index in [1.54, 1.807) is 24.5 Å². The minimum atomic E-state index is -0.283. The lowest BCUT2D eigenvalue weighted by Gasteiger charge is -2.10. The maximum Gasteiger partial charge on any atom is 0.269 e. The summed E-state index contributed by atoms with van der Waals surface area (Å²) in [6, 6.07) is 6.59. The largest absolute Gasteiger partial charge is 0.467 e. The Bertz CT molecular complexity index is 668. The number of carbonyl (C=O) groups is 2. The zero-order valence-corrected chi connectivity index (χ0v) is 13.9. The number of pyridine rings is 1. The SMILES string of the molecule is CN(C)CCCNC(=O)c1cc(C(=O)NCc2ccco2)ccn1. The molecule has 2 aromatic rings. The van der Waals surface area contributed by atoms with Crippen molar-refractivity contribution in [1.82, 2.24) is 20.5 Å². The highest BCUT2D eigenvalue weighted by Crippen LogP contribution is 2.04. The van der Waals surface area contributed by atoms with E-state index in [9.17, 15) is 9.59 Å². The third-order valence-corrected chi connectivity index (χ3v) is 3.33. The smallest absolute Gasteiger partial charge is 0.269 e. The first-order chi connectivity index (χ1) is 11.6. The van der Waals surface area contributed by atoms with Gasteiger partial charge in [-0.25, -0.2) is 0 Å². The summed E-state index contributed by atoms with van der Waals surface area (Å²) in [5.74, 6) is 0.0983. The maximum absolute atomic E-state index is 12.1. The van der Waals surface area contributed by atoms with Gasteiger partial charge in [0.25, 0.3) is 11.8 Å². The molecule has 0 aromatic carbocycles. The molecule has 0 aliphatic rings. The van der Waals surface area contributed by atoms with E-state index >= 15 is 0 Å². The number of nitrogens with zero attached hydrogens (tertiary/aromatic N) is 2. The number of furan rings is 1. The van der Waals surface area contributed by atoms with Crippen molar-refractivity contribution < 1.29 is 14.0 Å². The van der Waals surface area contributed by atoms with Crippen LogP contribution in [-0.2, 0) is 6.54 Å². The molecule has 2 amide bonds. The standard InChI is InChI=1S/C17H22N4O3/c1-21(2)9-4-7-19-17(23)15-11-13(6-8-18-15)16(22)20-12-14-5-3-10-24-14/h3,5-6,8,10-11H,4,7,9,12H2,1-2H3,(H,19,23)(H,20,22). The van der Waals surface area contributed by atoms with E-state index < -0.39 is 0 Å². The van der Waals surface area contributed by atoms with Crippen LogP contribution in [0.4, 0.5) is 0 Å². The van der Waals surface area contributed by atoms with Crippen LogP contribution < -0.4 is 10.6 Å². The van der Waals surface area contributed by atoms with Gasteiger partial charge >= 0.3 is 0 Å². The Morgan fingerprint density at radius 3 is 2.75 bits per heavy atom. The number of hydrogen-bond donors (Lipinski definition) is 2. The molecule has 0 fully saturated rings. The number of nitrogens with one attached hydrogen (secondary N) is 2. The highest BCUT2D eigenvalue weighted by Gasteiger charge is 2.11. The van der Waals surface area contributed by atoms with Gasteiger partial charge in [0, 0.05) is 18.3 Å². The summed E-state index contributed by atoms with van der Waals surface area (Å²) in [4.78, 5) is 30.3. The molecule has 7 heteroatoms. The fourth-order valence-corrected chi connectivity index (χ4v) is 2.07. The minimum absolute atomic E-state index is 0.227. The van der Waals surface area contributed by atoms with E-state index in [0.717, 1.165) is 13.0 Å². The van der Waals surface area contributed by atoms with Crippen LogP contribution >= 0.6 is 0 Å². The van der Waals surface area contributed by atoms with E-state index in [2.05, 4.69) is 15.6 Å². The van der Waals surface area contributed by atoms with Crippen molar-refractivity contribution >= 4 is 11.8 Å². The lowest BCUT2D eigenvalue weighted by molar-refractivity contribution is 0.0947. The van der Waals surface area contributed by atoms with Gasteiger partial charge in [0.1, 0.15) is 11.5 Å². The second-order valence-corrected chi connectivity index (χ2v) is 5.60. The van der Waals surface area contributed by atoms with Crippen LogP contribution in [0.3, 0.4) is 0 Å². The quantitative estimate of drug-likeness (QED) is 0.712. The van der Waals surface area contributed by atoms with Crippen molar-refractivity contribution in [2.45, 2.75) is 13.0 Å². The zero-order chi connectivity index (χ0) is 17.4. The molecular weight excluding hydrogens is 308 g/mol. The molecule has 0 aliphatic carbocycles. The summed E-state index contributed by atoms with van der Waals surface area (Å²) in [6.07, 6.45) is 3.85. The summed E-state index contributed by atoms with van der Waals surface area (Å²) in [6.45, 7) is 1.75. The van der Waals surface area contributed by atoms with Crippen LogP contribution in [0.25, 0.3) is 0 Å². The van der Waals surface area contributed by atoms with Crippen LogP contribution in [0.5, 0.6) is 0 Å². The lowest BCUT2D eigenvalue weighted by atomic mass is 10.2. The molecule has 128 valence electrons. The molecule has 7 nitrogen and oxygen atoms in total. The predicted octanol–water partition coefficient (Wildman–Crippen LogP) is 1.29. The summed E-state index contributed by atoms with van der Waals surface area (Å²) in [7, 11) is 3.96. The molecule has 0 bridgehead atoms. The number of carbonyl (C=O) groups excluding carboxylic acids is 2. The molecule has 0 spiro atoms. The van der Waals surface area contributed by atoms with Crippen LogP contribution in [0.15, 0.2) is 41.1 Å². The first kappa shape index (κ1) is 17.7. The third-order valence-electron chi connectivity index (χ3n) is 3.33. The topological polar surface area (TPSA) is 87.5 Å². The van der Waals surface area contributed by atoms with Gasteiger partial charge in [-0.2, -0.15) is 0 Å². The molecule has 0 saturated carbocycles. The highest BCUT2D eigenvalue weighted by atomic mass is 16.3. The Morgan fingerprint density at radius 1 is 1.21 bits per heavy atom. The van der Waals surface area contributed by atoms with Crippen molar-refractivity contribution in [3.8, 4) is 0 Å². The van der Waals surface area contributed by atoms with Gasteiger partial charge in [-0.1, -0.05) is 0 Å². The normalized spacial score (nSPS) is 10.6. The summed E-state index contributed by atoms with van der Waals surface area (Å²) < 4.78 is 5.16. The minimum Gasteiger partial charge on any atom is -0.467 e. The van der Waals surface area contributed by atoms with Crippen molar-refractivity contribution in [2.75, 3.05) is 27.2 Å². The van der Waals surface area contributed by atoms with E-state index in [1.807, 2.05) is 19.0 Å². The van der Waals surface area contributed by atoms with Crippen LogP contribution in [-0.4, -0.2) is 48.9 Å². The Balaban J connectivity index is 1.87. The average molecular weight is 330 g/mol. The summed E-state index contributed by atoms with van der Waals surface area (Å²) >= 11 is 0. The first-order valence-electron chi connectivity index (χ1n) is 7.76. The van der Waals surface area contributed by atoms with Crippen molar-refractivity contribution in [3.05, 3.63) is 53.7 Å². The van der Waals surface area contributed by atoms with Crippen molar-refractivity contribution in [3.63, 3.8) is 0 Å². The molecule has 2 aromatic heterocycles. The van der Waals surface area contributed by atoms with Gasteiger partial charge in [-0.05, 0) is 51.3 Å². The van der Waals surface area contributed by atoms with Crippen LogP contribution in [0.1, 0.15) is 33.0 Å². The third kappa shape index (κ3) is 5.51. The molecule has 2 rings (SSSR count). The predicted molar refractivity (Wildman–Crippen MR) is 89.6 cm³/mol. The molecular formula is C17H22N4O3. The van der Waals surface area contributed by atoms with Gasteiger partial charge in [-0.3, -0.25) is 14.6 Å². The Morgan fingerprint density at radius 2 is 2.04 bits per heavy atom. The van der Waals surface area contributed by atoms with Crippen molar-refractivity contribution in [1.29, 1.82) is 0 Å². The maximum atomic E-state index is 12.1. The lowest BCUT2D eigenvalue weighted by Crippen LogP contribution is -2.28. The summed E-state index contributed by atoms with van der Waals surface area (Å²) in [5.41, 5.74) is 0.612. The monoisotopic (exact) mass is 330 g/mol. The first-order valence-corrected chi connectivity index (χ1v) is 7.76. The molecule has 2 N–H and O–H groups in total. The average Bonchev–Trinajstić information content (AvgIpc) is 3.10. The highest BCUT2D eigenvalue weighted by molar-refractivity contribution is 5.98. The second kappa shape index (κ2) is 8.83. The van der Waals surface area contributed by atoms with E-state index in [4.69, 9.17) is 4.42 Å². The van der Waals surface area contributed by atoms with Gasteiger partial charge < -0.3 is 20.0 Å². The molecule has 0 radical (unpaired) electrons. The van der Waals surface area contributed by atoms with E-state index in [1.165, 1.54) is 12.3 Å². The summed E-state index contributed by atoms with van der Waals surface area (Å²) in [5, 5.41) is 5.53. The van der Waals surface area contributed by atoms with Crippen LogP contribution in [0.2, 0.25) is 0 Å². The molecule has 2 heterocycles. The Labute approximate surface area is 141 Å². The number of rotatable bonds is 8. The number of hydrogen-bond acceptors (Lipinski definition) is 5. The zero-order valence-electron chi connectivity index (χ0n) is 13.9. The fraction of sp³-hybridized carbons (Fsp3) is 0.353. The molecule has 0 unspecified atom stereocenters. The van der Waals surface area contributed by atoms with Gasteiger partial charge in [0.05, 0.1) is 12.8 Å². The fourth-order valence-electron chi connectivity index (χ4n) is 2.07. The van der Waals surface area contributed by atoms with Gasteiger partial charge in [-0.15, -0.1) is 0 Å². The Kier molecular flexibility index (Phi) is 6.51. The molecule has 0 aliphatic heterocycles. The number of aromatic nitrogens is 1. The molecule has 24 heavy (non-hydrogen) atoms. The molecule has 0 saturated heterocycles. The second-order valence-electron chi connectivity index (χ2n) is 5.60. The van der Waals surface area contributed by atoms with Gasteiger partial charge in [0.15, 0.2) is 0 Å². The van der Waals surface area contributed by atoms with Gasteiger partial charge in [0.2, 0.25) is 0 Å². The number of amides is 2.